The van der Waals surface area contributed by atoms with Gasteiger partial charge in [0.05, 0.1) is 24.3 Å². The van der Waals surface area contributed by atoms with Gasteiger partial charge < -0.3 is 0 Å². The lowest BCUT2D eigenvalue weighted by Crippen LogP contribution is -2.04. The summed E-state index contributed by atoms with van der Waals surface area (Å²) < 4.78 is 37.7. The van der Waals surface area contributed by atoms with Gasteiger partial charge in [0.1, 0.15) is 6.61 Å². The van der Waals surface area contributed by atoms with Gasteiger partial charge >= 0.3 is 0 Å². The number of aromatic nitrogens is 2. The lowest BCUT2D eigenvalue weighted by molar-refractivity contribution is 0.306. The molecule has 13 heavy (non-hydrogen) atoms. The second kappa shape index (κ2) is 3.75. The smallest absolute Gasteiger partial charge is 0.264 e. The summed E-state index contributed by atoms with van der Waals surface area (Å²) in [6.45, 7) is -0.230. The van der Waals surface area contributed by atoms with Crippen LogP contribution in [-0.2, 0) is 20.9 Å². The van der Waals surface area contributed by atoms with Crippen molar-refractivity contribution in [3.8, 4) is 0 Å². The standard InChI is InChI=1S/C6H7FN2O3S/c1-13(10,11)12-4-5-2-9-6(7)3-8-5/h2-3H,4H2,1H3. The van der Waals surface area contributed by atoms with Crippen LogP contribution in [0.5, 0.6) is 0 Å². The average molecular weight is 206 g/mol. The molecular formula is C6H7FN2O3S. The highest BCUT2D eigenvalue weighted by molar-refractivity contribution is 7.85. The summed E-state index contributed by atoms with van der Waals surface area (Å²) >= 11 is 0. The summed E-state index contributed by atoms with van der Waals surface area (Å²) in [5.41, 5.74) is 0.256. The lowest BCUT2D eigenvalue weighted by atomic mass is 10.5. The highest BCUT2D eigenvalue weighted by Crippen LogP contribution is 1.98. The quantitative estimate of drug-likeness (QED) is 0.655. The van der Waals surface area contributed by atoms with E-state index >= 15 is 0 Å². The van der Waals surface area contributed by atoms with Gasteiger partial charge in [0.2, 0.25) is 5.95 Å². The van der Waals surface area contributed by atoms with Crippen LogP contribution in [0.25, 0.3) is 0 Å². The molecule has 0 aliphatic rings. The molecule has 0 unspecified atom stereocenters. The minimum absolute atomic E-state index is 0.230. The lowest BCUT2D eigenvalue weighted by Gasteiger charge is -1.99. The van der Waals surface area contributed by atoms with E-state index in [9.17, 15) is 12.8 Å². The molecule has 1 heterocycles. The molecule has 5 nitrogen and oxygen atoms in total. The number of hydrogen-bond acceptors (Lipinski definition) is 5. The summed E-state index contributed by atoms with van der Waals surface area (Å²) in [7, 11) is -3.49. The molecule has 0 radical (unpaired) electrons. The van der Waals surface area contributed by atoms with E-state index in [2.05, 4.69) is 14.2 Å². The van der Waals surface area contributed by atoms with Crippen molar-refractivity contribution >= 4 is 10.1 Å². The van der Waals surface area contributed by atoms with Crippen molar-refractivity contribution < 1.29 is 17.0 Å². The van der Waals surface area contributed by atoms with Gasteiger partial charge in [-0.25, -0.2) is 4.98 Å². The summed E-state index contributed by atoms with van der Waals surface area (Å²) in [5.74, 6) is -0.719. The van der Waals surface area contributed by atoms with Gasteiger partial charge in [-0.2, -0.15) is 12.8 Å². The predicted octanol–water partition coefficient (Wildman–Crippen LogP) is 0.0919. The molecule has 0 fully saturated rings. The Morgan fingerprint density at radius 1 is 1.46 bits per heavy atom. The Morgan fingerprint density at radius 2 is 2.15 bits per heavy atom. The van der Waals surface area contributed by atoms with Crippen LogP contribution >= 0.6 is 0 Å². The largest absolute Gasteiger partial charge is 0.264 e. The molecule has 0 atom stereocenters. The first-order valence-corrected chi connectivity index (χ1v) is 5.10. The summed E-state index contributed by atoms with van der Waals surface area (Å²) in [6, 6.07) is 0. The molecule has 0 aliphatic heterocycles. The fourth-order valence-electron chi connectivity index (χ4n) is 0.581. The van der Waals surface area contributed by atoms with Crippen molar-refractivity contribution in [3.63, 3.8) is 0 Å². The zero-order valence-corrected chi connectivity index (χ0v) is 7.58. The Bertz CT molecular complexity index is 375. The Hall–Kier alpha value is -1.08. The van der Waals surface area contributed by atoms with Gasteiger partial charge in [-0.3, -0.25) is 9.17 Å². The Kier molecular flexibility index (Phi) is 2.89. The second-order valence-electron chi connectivity index (χ2n) is 2.30. The zero-order valence-electron chi connectivity index (χ0n) is 6.77. The van der Waals surface area contributed by atoms with Crippen molar-refractivity contribution in [3.05, 3.63) is 24.0 Å². The fraction of sp³-hybridized carbons (Fsp3) is 0.333. The normalized spacial score (nSPS) is 11.5. The van der Waals surface area contributed by atoms with Gasteiger partial charge in [0.15, 0.2) is 0 Å². The maximum atomic E-state index is 12.2. The van der Waals surface area contributed by atoms with Crippen LogP contribution < -0.4 is 0 Å². The fourth-order valence-corrected chi connectivity index (χ4v) is 0.916. The minimum Gasteiger partial charge on any atom is -0.264 e. The molecule has 0 spiro atoms. The van der Waals surface area contributed by atoms with Crippen molar-refractivity contribution in [1.29, 1.82) is 0 Å². The van der Waals surface area contributed by atoms with Crippen molar-refractivity contribution in [2.75, 3.05) is 6.26 Å². The number of halogens is 1. The second-order valence-corrected chi connectivity index (χ2v) is 3.94. The molecule has 0 bridgehead atoms. The van der Waals surface area contributed by atoms with Crippen LogP contribution in [0, 0.1) is 5.95 Å². The zero-order chi connectivity index (χ0) is 9.90. The average Bonchev–Trinajstić information content (AvgIpc) is 2.02. The molecule has 0 saturated carbocycles. The van der Waals surface area contributed by atoms with Crippen LogP contribution in [-0.4, -0.2) is 24.6 Å². The van der Waals surface area contributed by atoms with E-state index in [1.807, 2.05) is 0 Å². The molecule has 7 heteroatoms. The van der Waals surface area contributed by atoms with Crippen molar-refractivity contribution in [2.45, 2.75) is 6.61 Å². The van der Waals surface area contributed by atoms with Gasteiger partial charge in [-0.05, 0) is 0 Å². The molecule has 72 valence electrons. The molecule has 0 saturated heterocycles. The van der Waals surface area contributed by atoms with Gasteiger partial charge in [-0.15, -0.1) is 0 Å². The Morgan fingerprint density at radius 3 is 2.62 bits per heavy atom. The van der Waals surface area contributed by atoms with Crippen LogP contribution in [0.1, 0.15) is 5.69 Å². The molecule has 0 aliphatic carbocycles. The third-order valence-corrected chi connectivity index (χ3v) is 1.64. The van der Waals surface area contributed by atoms with Crippen LogP contribution in [0.2, 0.25) is 0 Å². The van der Waals surface area contributed by atoms with E-state index < -0.39 is 16.1 Å². The van der Waals surface area contributed by atoms with Crippen LogP contribution in [0.15, 0.2) is 12.4 Å². The van der Waals surface area contributed by atoms with E-state index in [1.165, 1.54) is 0 Å². The molecule has 1 rings (SSSR count). The number of hydrogen-bond donors (Lipinski definition) is 0. The van der Waals surface area contributed by atoms with Crippen molar-refractivity contribution in [1.82, 2.24) is 9.97 Å². The van der Waals surface area contributed by atoms with E-state index in [4.69, 9.17) is 0 Å². The topological polar surface area (TPSA) is 69.2 Å². The first kappa shape index (κ1) is 10.0. The van der Waals surface area contributed by atoms with E-state index in [1.54, 1.807) is 0 Å². The first-order chi connectivity index (χ1) is 5.97. The van der Waals surface area contributed by atoms with Gasteiger partial charge in [0.25, 0.3) is 10.1 Å². The highest BCUT2D eigenvalue weighted by Gasteiger charge is 2.03. The van der Waals surface area contributed by atoms with E-state index in [0.29, 0.717) is 0 Å². The summed E-state index contributed by atoms with van der Waals surface area (Å²) in [6.07, 6.45) is 2.92. The minimum atomic E-state index is -3.49. The van der Waals surface area contributed by atoms with Gasteiger partial charge in [0, 0.05) is 0 Å². The third kappa shape index (κ3) is 3.90. The van der Waals surface area contributed by atoms with Crippen LogP contribution in [0.4, 0.5) is 4.39 Å². The number of nitrogens with zero attached hydrogens (tertiary/aromatic N) is 2. The molecule has 0 aromatic carbocycles. The molecule has 0 N–H and O–H groups in total. The highest BCUT2D eigenvalue weighted by atomic mass is 32.2. The van der Waals surface area contributed by atoms with E-state index in [0.717, 1.165) is 18.6 Å². The Labute approximate surface area is 74.7 Å². The van der Waals surface area contributed by atoms with Crippen molar-refractivity contribution in [2.24, 2.45) is 0 Å². The van der Waals surface area contributed by atoms with Crippen LogP contribution in [0.3, 0.4) is 0 Å². The number of rotatable bonds is 3. The molecular weight excluding hydrogens is 199 g/mol. The summed E-state index contributed by atoms with van der Waals surface area (Å²) in [5, 5.41) is 0. The monoisotopic (exact) mass is 206 g/mol. The first-order valence-electron chi connectivity index (χ1n) is 3.28. The third-order valence-electron chi connectivity index (χ3n) is 1.09. The molecule has 1 aromatic heterocycles. The molecule has 0 amide bonds. The maximum absolute atomic E-state index is 12.2. The molecule has 1 aromatic rings. The SMILES string of the molecule is CS(=O)(=O)OCc1cnc(F)cn1. The maximum Gasteiger partial charge on any atom is 0.264 e. The summed E-state index contributed by atoms with van der Waals surface area (Å²) in [4.78, 5) is 6.83. The van der Waals surface area contributed by atoms with E-state index in [-0.39, 0.29) is 12.3 Å². The predicted molar refractivity (Wildman–Crippen MR) is 41.6 cm³/mol. The van der Waals surface area contributed by atoms with Gasteiger partial charge in [-0.1, -0.05) is 0 Å². The Balaban J connectivity index is 2.61.